The van der Waals surface area contributed by atoms with Crippen LogP contribution >= 0.6 is 11.3 Å². The molecular weight excluding hydrogens is 322 g/mol. The molecule has 2 rings (SSSR count). The number of nitrogens with one attached hydrogen (secondary N) is 1. The Hall–Kier alpha value is -2.15. The van der Waals surface area contributed by atoms with Crippen LogP contribution in [0.4, 0.5) is 13.6 Å². The molecular formula is C16H18F2N2O2S. The molecule has 23 heavy (non-hydrogen) atoms. The monoisotopic (exact) mass is 340 g/mol. The molecule has 0 atom stereocenters. The Kier molecular flexibility index (Phi) is 6.34. The van der Waals surface area contributed by atoms with Crippen LogP contribution in [-0.4, -0.2) is 31.1 Å². The highest BCUT2D eigenvalue weighted by Crippen LogP contribution is 2.15. The Balaban J connectivity index is 1.76. The quantitative estimate of drug-likeness (QED) is 0.834. The highest BCUT2D eigenvalue weighted by atomic mass is 32.1. The van der Waals surface area contributed by atoms with Gasteiger partial charge in [-0.3, -0.25) is 0 Å². The summed E-state index contributed by atoms with van der Waals surface area (Å²) in [5.41, 5.74) is 0.836. The first-order valence-electron chi connectivity index (χ1n) is 7.09. The van der Waals surface area contributed by atoms with Crippen LogP contribution in [0.2, 0.25) is 0 Å². The van der Waals surface area contributed by atoms with Gasteiger partial charge in [-0.1, -0.05) is 18.2 Å². The topological polar surface area (TPSA) is 41.6 Å². The summed E-state index contributed by atoms with van der Waals surface area (Å²) in [7, 11) is 1.68. The van der Waals surface area contributed by atoms with Gasteiger partial charge in [0.2, 0.25) is 0 Å². The van der Waals surface area contributed by atoms with E-state index in [9.17, 15) is 13.6 Å². The Labute approximate surface area is 137 Å². The molecule has 0 aliphatic heterocycles. The van der Waals surface area contributed by atoms with Gasteiger partial charge in [0.1, 0.15) is 5.75 Å². The fraction of sp³-hybridized carbons (Fsp3) is 0.312. The average Bonchev–Trinajstić information content (AvgIpc) is 3.02. The zero-order valence-corrected chi connectivity index (χ0v) is 13.5. The van der Waals surface area contributed by atoms with Gasteiger partial charge >= 0.3 is 12.6 Å². The molecule has 0 saturated carbocycles. The molecule has 7 heteroatoms. The molecule has 0 saturated heterocycles. The molecule has 1 aromatic carbocycles. The van der Waals surface area contributed by atoms with Gasteiger partial charge in [0.05, 0.1) is 0 Å². The normalized spacial score (nSPS) is 10.6. The van der Waals surface area contributed by atoms with E-state index in [1.165, 1.54) is 21.9 Å². The van der Waals surface area contributed by atoms with Crippen molar-refractivity contribution in [3.05, 3.63) is 52.2 Å². The van der Waals surface area contributed by atoms with E-state index >= 15 is 0 Å². The lowest BCUT2D eigenvalue weighted by atomic mass is 10.2. The van der Waals surface area contributed by atoms with E-state index in [2.05, 4.69) is 10.1 Å². The van der Waals surface area contributed by atoms with Gasteiger partial charge in [-0.15, -0.1) is 11.3 Å². The van der Waals surface area contributed by atoms with Crippen LogP contribution < -0.4 is 10.1 Å². The van der Waals surface area contributed by atoms with Gasteiger partial charge in [0.25, 0.3) is 0 Å². The lowest BCUT2D eigenvalue weighted by molar-refractivity contribution is -0.0498. The molecule has 1 aromatic heterocycles. The lowest BCUT2D eigenvalue weighted by Gasteiger charge is -2.18. The number of ether oxygens (including phenoxy) is 1. The fourth-order valence-corrected chi connectivity index (χ4v) is 2.71. The number of hydrogen-bond donors (Lipinski definition) is 1. The van der Waals surface area contributed by atoms with E-state index in [4.69, 9.17) is 0 Å². The first kappa shape index (κ1) is 17.2. The van der Waals surface area contributed by atoms with Crippen LogP contribution in [0.25, 0.3) is 0 Å². The third kappa shape index (κ3) is 5.86. The molecule has 1 heterocycles. The maximum atomic E-state index is 12.1. The minimum Gasteiger partial charge on any atom is -0.435 e. The maximum absolute atomic E-state index is 12.1. The number of amides is 2. The van der Waals surface area contributed by atoms with E-state index < -0.39 is 6.61 Å². The summed E-state index contributed by atoms with van der Waals surface area (Å²) in [6.45, 7) is -1.87. The molecule has 1 N–H and O–H groups in total. The maximum Gasteiger partial charge on any atom is 0.387 e. The van der Waals surface area contributed by atoms with Gasteiger partial charge in [0, 0.05) is 25.0 Å². The summed E-state index contributed by atoms with van der Waals surface area (Å²) in [4.78, 5) is 14.7. The van der Waals surface area contributed by atoms with Crippen molar-refractivity contribution in [2.75, 3.05) is 13.6 Å². The standard InChI is InChI=1S/C16H18F2N2O2S/c1-20(16(21)19-9-8-14-3-2-10-23-14)11-12-4-6-13(7-5-12)22-15(17)18/h2-7,10,15H,8-9,11H2,1H3,(H,19,21). The molecule has 4 nitrogen and oxygen atoms in total. The lowest BCUT2D eigenvalue weighted by Crippen LogP contribution is -2.37. The zero-order chi connectivity index (χ0) is 16.7. The number of carbonyl (C=O) groups excluding carboxylic acids is 1. The van der Waals surface area contributed by atoms with Crippen molar-refractivity contribution in [3.63, 3.8) is 0 Å². The van der Waals surface area contributed by atoms with E-state index in [1.54, 1.807) is 30.5 Å². The van der Waals surface area contributed by atoms with Crippen molar-refractivity contribution in [3.8, 4) is 5.75 Å². The van der Waals surface area contributed by atoms with Gasteiger partial charge < -0.3 is 15.0 Å². The summed E-state index contributed by atoms with van der Waals surface area (Å²) in [5, 5.41) is 4.85. The number of hydrogen-bond acceptors (Lipinski definition) is 3. The molecule has 0 radical (unpaired) electrons. The molecule has 0 spiro atoms. The van der Waals surface area contributed by atoms with Crippen molar-refractivity contribution in [1.82, 2.24) is 10.2 Å². The minimum atomic E-state index is -2.84. The fourth-order valence-electron chi connectivity index (χ4n) is 2.00. The molecule has 0 fully saturated rings. The van der Waals surface area contributed by atoms with Gasteiger partial charge in [-0.25, -0.2) is 4.79 Å². The summed E-state index contributed by atoms with van der Waals surface area (Å²) in [6, 6.07) is 10.1. The summed E-state index contributed by atoms with van der Waals surface area (Å²) in [6.07, 6.45) is 0.802. The third-order valence-corrected chi connectivity index (χ3v) is 4.08. The largest absolute Gasteiger partial charge is 0.435 e. The second kappa shape index (κ2) is 8.47. The SMILES string of the molecule is CN(Cc1ccc(OC(F)F)cc1)C(=O)NCCc1cccs1. The second-order valence-electron chi connectivity index (χ2n) is 4.94. The van der Waals surface area contributed by atoms with Crippen LogP contribution in [-0.2, 0) is 13.0 Å². The Morgan fingerprint density at radius 2 is 2.04 bits per heavy atom. The average molecular weight is 340 g/mol. The van der Waals surface area contributed by atoms with Gasteiger partial charge in [-0.2, -0.15) is 8.78 Å². The van der Waals surface area contributed by atoms with Gasteiger partial charge in [0.15, 0.2) is 0 Å². The number of rotatable bonds is 7. The Morgan fingerprint density at radius 3 is 2.65 bits per heavy atom. The van der Waals surface area contributed by atoms with Crippen molar-refractivity contribution in [2.45, 2.75) is 19.6 Å². The summed E-state index contributed by atoms with van der Waals surface area (Å²) in [5.74, 6) is 0.104. The number of carbonyl (C=O) groups is 1. The first-order chi connectivity index (χ1) is 11.0. The summed E-state index contributed by atoms with van der Waals surface area (Å²) < 4.78 is 28.4. The highest BCUT2D eigenvalue weighted by Gasteiger charge is 2.09. The van der Waals surface area contributed by atoms with Crippen LogP contribution in [0, 0.1) is 0 Å². The number of halogens is 2. The van der Waals surface area contributed by atoms with E-state index in [-0.39, 0.29) is 11.8 Å². The molecule has 2 aromatic rings. The van der Waals surface area contributed by atoms with Crippen molar-refractivity contribution in [2.24, 2.45) is 0 Å². The van der Waals surface area contributed by atoms with E-state index in [0.717, 1.165) is 12.0 Å². The van der Waals surface area contributed by atoms with Crippen molar-refractivity contribution >= 4 is 17.4 Å². The second-order valence-corrected chi connectivity index (χ2v) is 5.97. The van der Waals surface area contributed by atoms with Crippen LogP contribution in [0.5, 0.6) is 5.75 Å². The Morgan fingerprint density at radius 1 is 1.30 bits per heavy atom. The summed E-state index contributed by atoms with van der Waals surface area (Å²) >= 11 is 1.66. The van der Waals surface area contributed by atoms with Crippen molar-refractivity contribution in [1.29, 1.82) is 0 Å². The van der Waals surface area contributed by atoms with Crippen LogP contribution in [0.15, 0.2) is 41.8 Å². The number of nitrogens with zero attached hydrogens (tertiary/aromatic N) is 1. The Bertz CT molecular complexity index is 603. The van der Waals surface area contributed by atoms with Crippen molar-refractivity contribution < 1.29 is 18.3 Å². The third-order valence-electron chi connectivity index (χ3n) is 3.14. The van der Waals surface area contributed by atoms with Crippen LogP contribution in [0.1, 0.15) is 10.4 Å². The number of thiophene rings is 1. The molecule has 0 aliphatic rings. The minimum absolute atomic E-state index is 0.104. The zero-order valence-electron chi connectivity index (χ0n) is 12.7. The molecule has 2 amide bonds. The van der Waals surface area contributed by atoms with Crippen LogP contribution in [0.3, 0.4) is 0 Å². The predicted molar refractivity (Wildman–Crippen MR) is 86.0 cm³/mol. The predicted octanol–water partition coefficient (Wildman–Crippen LogP) is 3.73. The number of benzene rings is 1. The molecule has 0 aliphatic carbocycles. The van der Waals surface area contributed by atoms with Gasteiger partial charge in [-0.05, 0) is 35.6 Å². The van der Waals surface area contributed by atoms with E-state index in [1.807, 2.05) is 17.5 Å². The first-order valence-corrected chi connectivity index (χ1v) is 7.97. The molecule has 0 bridgehead atoms. The van der Waals surface area contributed by atoms with E-state index in [0.29, 0.717) is 13.1 Å². The highest BCUT2D eigenvalue weighted by molar-refractivity contribution is 7.09. The molecule has 0 unspecified atom stereocenters. The smallest absolute Gasteiger partial charge is 0.387 e. The number of alkyl halides is 2. The molecule has 124 valence electrons. The number of urea groups is 1.